The van der Waals surface area contributed by atoms with Gasteiger partial charge in [0.1, 0.15) is 0 Å². The van der Waals surface area contributed by atoms with Crippen molar-refractivity contribution in [3.05, 3.63) is 48.4 Å². The molecule has 0 radical (unpaired) electrons. The van der Waals surface area contributed by atoms with Crippen LogP contribution in [0.25, 0.3) is 22.0 Å². The molecule has 2 heterocycles. The van der Waals surface area contributed by atoms with Crippen molar-refractivity contribution in [2.75, 3.05) is 18.5 Å². The third kappa shape index (κ3) is 2.71. The Balaban J connectivity index is 2.03. The van der Waals surface area contributed by atoms with Crippen LogP contribution in [0.5, 0.6) is 0 Å². The number of anilines is 1. The summed E-state index contributed by atoms with van der Waals surface area (Å²) < 4.78 is 27.5. The molecule has 7 heteroatoms. The molecular weight excluding hydrogens is 290 g/mol. The highest BCUT2D eigenvalue weighted by Crippen LogP contribution is 2.27. The van der Waals surface area contributed by atoms with Crippen molar-refractivity contribution in [3.8, 4) is 11.1 Å². The van der Waals surface area contributed by atoms with Gasteiger partial charge in [-0.05, 0) is 17.7 Å². The summed E-state index contributed by atoms with van der Waals surface area (Å²) in [6.45, 7) is 0.317. The maximum Gasteiger partial charge on any atom is 0.223 e. The van der Waals surface area contributed by atoms with E-state index in [2.05, 4.69) is 20.3 Å². The number of aromatic nitrogens is 3. The van der Waals surface area contributed by atoms with E-state index in [1.54, 1.807) is 24.4 Å². The highest BCUT2D eigenvalue weighted by molar-refractivity contribution is 5.84. The summed E-state index contributed by atoms with van der Waals surface area (Å²) in [5, 5.41) is 12.3. The van der Waals surface area contributed by atoms with Gasteiger partial charge in [-0.3, -0.25) is 4.98 Å². The van der Waals surface area contributed by atoms with Crippen LogP contribution in [-0.4, -0.2) is 33.2 Å². The Kier molecular flexibility index (Phi) is 3.88. The van der Waals surface area contributed by atoms with Crippen LogP contribution in [0.3, 0.4) is 0 Å². The fraction of sp³-hybridized carbons (Fsp3) is 0.133. The van der Waals surface area contributed by atoms with E-state index in [1.165, 1.54) is 0 Å². The molecule has 0 saturated carbocycles. The van der Waals surface area contributed by atoms with Crippen molar-refractivity contribution in [3.63, 3.8) is 0 Å². The van der Waals surface area contributed by atoms with Gasteiger partial charge in [0.25, 0.3) is 0 Å². The highest BCUT2D eigenvalue weighted by atomic mass is 19.1. The number of nitrogens with one attached hydrogen (secondary N) is 1. The van der Waals surface area contributed by atoms with Gasteiger partial charge in [0.2, 0.25) is 5.95 Å². The first-order valence-electron chi connectivity index (χ1n) is 6.60. The van der Waals surface area contributed by atoms with E-state index in [1.807, 2.05) is 0 Å². The minimum Gasteiger partial charge on any atom is -0.395 e. The first kappa shape index (κ1) is 14.3. The van der Waals surface area contributed by atoms with Gasteiger partial charge in [-0.25, -0.2) is 18.7 Å². The van der Waals surface area contributed by atoms with Crippen molar-refractivity contribution >= 4 is 16.9 Å². The van der Waals surface area contributed by atoms with Crippen LogP contribution in [0, 0.1) is 11.6 Å². The van der Waals surface area contributed by atoms with Crippen LogP contribution in [0.15, 0.2) is 36.8 Å². The summed E-state index contributed by atoms with van der Waals surface area (Å²) in [4.78, 5) is 11.8. The minimum absolute atomic E-state index is 0.0269. The predicted octanol–water partition coefficient (Wildman–Crippen LogP) is 2.37. The third-order valence-electron chi connectivity index (χ3n) is 3.12. The Morgan fingerprint density at radius 3 is 2.59 bits per heavy atom. The van der Waals surface area contributed by atoms with Gasteiger partial charge in [-0.2, -0.15) is 0 Å². The lowest BCUT2D eigenvalue weighted by molar-refractivity contribution is 0.311. The number of benzene rings is 1. The van der Waals surface area contributed by atoms with Crippen molar-refractivity contribution in [2.24, 2.45) is 0 Å². The topological polar surface area (TPSA) is 70.9 Å². The van der Waals surface area contributed by atoms with E-state index in [0.717, 1.165) is 12.4 Å². The molecule has 0 saturated heterocycles. The Labute approximate surface area is 124 Å². The number of fused-ring (bicyclic) bond motifs is 1. The normalized spacial score (nSPS) is 10.9. The summed E-state index contributed by atoms with van der Waals surface area (Å²) >= 11 is 0. The van der Waals surface area contributed by atoms with Crippen molar-refractivity contribution < 1.29 is 13.9 Å². The Bertz CT molecular complexity index is 805. The molecule has 112 valence electrons. The van der Waals surface area contributed by atoms with E-state index in [0.29, 0.717) is 29.0 Å². The SMILES string of the molecule is OCCNc1ncc2cc(-c3c(F)cncc3F)ccc2n1. The molecule has 0 spiro atoms. The second-order valence-electron chi connectivity index (χ2n) is 4.60. The quantitative estimate of drug-likeness (QED) is 0.774. The zero-order valence-electron chi connectivity index (χ0n) is 11.4. The van der Waals surface area contributed by atoms with Crippen LogP contribution in [0.2, 0.25) is 0 Å². The van der Waals surface area contributed by atoms with E-state index in [4.69, 9.17) is 5.11 Å². The molecule has 0 atom stereocenters. The summed E-state index contributed by atoms with van der Waals surface area (Å²) in [6, 6.07) is 4.87. The van der Waals surface area contributed by atoms with E-state index < -0.39 is 11.6 Å². The monoisotopic (exact) mass is 302 g/mol. The molecule has 0 fully saturated rings. The first-order chi connectivity index (χ1) is 10.7. The van der Waals surface area contributed by atoms with Gasteiger partial charge in [-0.15, -0.1) is 0 Å². The lowest BCUT2D eigenvalue weighted by Gasteiger charge is -2.07. The van der Waals surface area contributed by atoms with Crippen molar-refractivity contribution in [1.82, 2.24) is 15.0 Å². The van der Waals surface area contributed by atoms with Gasteiger partial charge in [0.05, 0.1) is 30.1 Å². The number of aliphatic hydroxyl groups is 1. The molecule has 5 nitrogen and oxygen atoms in total. The van der Waals surface area contributed by atoms with Crippen molar-refractivity contribution in [2.45, 2.75) is 0 Å². The maximum absolute atomic E-state index is 13.8. The molecular formula is C15H12F2N4O. The fourth-order valence-electron chi connectivity index (χ4n) is 2.13. The Hall–Kier alpha value is -2.67. The predicted molar refractivity (Wildman–Crippen MR) is 78.3 cm³/mol. The largest absolute Gasteiger partial charge is 0.395 e. The zero-order chi connectivity index (χ0) is 15.5. The summed E-state index contributed by atoms with van der Waals surface area (Å²) in [7, 11) is 0. The minimum atomic E-state index is -0.721. The molecule has 2 N–H and O–H groups in total. The molecule has 2 aromatic heterocycles. The van der Waals surface area contributed by atoms with Gasteiger partial charge in [0.15, 0.2) is 11.6 Å². The fourth-order valence-corrected chi connectivity index (χ4v) is 2.13. The van der Waals surface area contributed by atoms with Crippen LogP contribution >= 0.6 is 0 Å². The number of hydrogen-bond donors (Lipinski definition) is 2. The molecule has 3 aromatic rings. The van der Waals surface area contributed by atoms with E-state index >= 15 is 0 Å². The molecule has 0 aliphatic heterocycles. The lowest BCUT2D eigenvalue weighted by atomic mass is 10.0. The zero-order valence-corrected chi connectivity index (χ0v) is 11.4. The van der Waals surface area contributed by atoms with E-state index in [-0.39, 0.29) is 12.2 Å². The molecule has 0 aliphatic rings. The molecule has 0 unspecified atom stereocenters. The van der Waals surface area contributed by atoms with Crippen LogP contribution in [0.4, 0.5) is 14.7 Å². The molecule has 3 rings (SSSR count). The number of rotatable bonds is 4. The molecule has 0 aliphatic carbocycles. The Morgan fingerprint density at radius 1 is 1.09 bits per heavy atom. The van der Waals surface area contributed by atoms with Gasteiger partial charge < -0.3 is 10.4 Å². The standard InChI is InChI=1S/C15H12F2N4O/c16-11-7-18-8-12(17)14(11)9-1-2-13-10(5-9)6-20-15(21-13)19-3-4-22/h1-2,5-8,22H,3-4H2,(H,19,20,21). The molecule has 0 bridgehead atoms. The van der Waals surface area contributed by atoms with Gasteiger partial charge in [-0.1, -0.05) is 6.07 Å². The van der Waals surface area contributed by atoms with Crippen molar-refractivity contribution in [1.29, 1.82) is 0 Å². The lowest BCUT2D eigenvalue weighted by Crippen LogP contribution is -2.08. The molecule has 1 aromatic carbocycles. The molecule has 0 amide bonds. The number of nitrogens with zero attached hydrogens (tertiary/aromatic N) is 3. The van der Waals surface area contributed by atoms with Crippen LogP contribution in [0.1, 0.15) is 0 Å². The Morgan fingerprint density at radius 2 is 1.86 bits per heavy atom. The van der Waals surface area contributed by atoms with E-state index in [9.17, 15) is 8.78 Å². The first-order valence-corrected chi connectivity index (χ1v) is 6.60. The third-order valence-corrected chi connectivity index (χ3v) is 3.12. The smallest absolute Gasteiger partial charge is 0.223 e. The molecule has 22 heavy (non-hydrogen) atoms. The van der Waals surface area contributed by atoms with Crippen LogP contribution < -0.4 is 5.32 Å². The van der Waals surface area contributed by atoms with Crippen LogP contribution in [-0.2, 0) is 0 Å². The second kappa shape index (κ2) is 5.98. The van der Waals surface area contributed by atoms with Gasteiger partial charge >= 0.3 is 0 Å². The average molecular weight is 302 g/mol. The van der Waals surface area contributed by atoms with Gasteiger partial charge in [0, 0.05) is 18.1 Å². The second-order valence-corrected chi connectivity index (χ2v) is 4.60. The highest BCUT2D eigenvalue weighted by Gasteiger charge is 2.12. The summed E-state index contributed by atoms with van der Waals surface area (Å²) in [5.74, 6) is -1.06. The summed E-state index contributed by atoms with van der Waals surface area (Å²) in [5.41, 5.74) is 0.901. The summed E-state index contributed by atoms with van der Waals surface area (Å²) in [6.07, 6.45) is 3.50. The number of hydrogen-bond acceptors (Lipinski definition) is 5. The number of halogens is 2. The number of aliphatic hydroxyl groups excluding tert-OH is 1. The average Bonchev–Trinajstić information content (AvgIpc) is 2.52. The number of pyridine rings is 1. The maximum atomic E-state index is 13.8.